The van der Waals surface area contributed by atoms with Crippen LogP contribution < -0.4 is 11.1 Å². The average molecular weight is 271 g/mol. The molecule has 0 aliphatic carbocycles. The highest BCUT2D eigenvalue weighted by Crippen LogP contribution is 2.22. The van der Waals surface area contributed by atoms with Gasteiger partial charge >= 0.3 is 0 Å². The molecule has 1 heterocycles. The summed E-state index contributed by atoms with van der Waals surface area (Å²) in [5, 5.41) is 3.28. The molecular weight excluding hydrogens is 254 g/mol. The number of aromatic nitrogens is 1. The van der Waals surface area contributed by atoms with Crippen LogP contribution in [0.3, 0.4) is 0 Å². The van der Waals surface area contributed by atoms with E-state index in [1.807, 2.05) is 44.2 Å². The number of thiocarbonyl (C=S) groups is 1. The molecule has 1 aromatic heterocycles. The maximum atomic E-state index is 5.79. The monoisotopic (exact) mass is 271 g/mol. The van der Waals surface area contributed by atoms with Gasteiger partial charge in [-0.15, -0.1) is 0 Å². The lowest BCUT2D eigenvalue weighted by molar-refractivity contribution is 1.17. The molecule has 3 nitrogen and oxygen atoms in total. The van der Waals surface area contributed by atoms with Gasteiger partial charge in [0, 0.05) is 11.4 Å². The maximum absolute atomic E-state index is 5.79. The Labute approximate surface area is 118 Å². The Balaban J connectivity index is 2.44. The first kappa shape index (κ1) is 13.5. The van der Waals surface area contributed by atoms with Gasteiger partial charge in [0.15, 0.2) is 0 Å². The summed E-state index contributed by atoms with van der Waals surface area (Å²) >= 11 is 5.12. The molecule has 0 unspecified atom stereocenters. The van der Waals surface area contributed by atoms with Crippen LogP contribution in [0.2, 0.25) is 0 Å². The Bertz CT molecular complexity index is 618. The summed E-state index contributed by atoms with van der Waals surface area (Å²) in [5.74, 6) is 0.717. The van der Waals surface area contributed by atoms with Gasteiger partial charge in [0.1, 0.15) is 10.8 Å². The third-order valence-corrected chi connectivity index (χ3v) is 3.11. The summed E-state index contributed by atoms with van der Waals surface area (Å²) in [6, 6.07) is 10.1. The zero-order valence-corrected chi connectivity index (χ0v) is 12.1. The van der Waals surface area contributed by atoms with Crippen LogP contribution >= 0.6 is 12.2 Å². The van der Waals surface area contributed by atoms with E-state index in [1.54, 1.807) is 0 Å². The normalized spacial score (nSPS) is 10.3. The minimum Gasteiger partial charge on any atom is -0.389 e. The minimum absolute atomic E-state index is 0.361. The van der Waals surface area contributed by atoms with Crippen LogP contribution in [0.25, 0.3) is 0 Å². The number of hydrogen-bond donors (Lipinski definition) is 2. The molecular formula is C15H17N3S. The molecule has 0 saturated heterocycles. The summed E-state index contributed by atoms with van der Waals surface area (Å²) in [4.78, 5) is 4.86. The Morgan fingerprint density at radius 2 is 1.79 bits per heavy atom. The predicted molar refractivity (Wildman–Crippen MR) is 84.1 cm³/mol. The zero-order chi connectivity index (χ0) is 14.0. The van der Waals surface area contributed by atoms with Crippen molar-refractivity contribution < 1.29 is 0 Å². The van der Waals surface area contributed by atoms with Crippen molar-refractivity contribution in [2.45, 2.75) is 20.8 Å². The van der Waals surface area contributed by atoms with Crippen LogP contribution in [0.4, 0.5) is 11.5 Å². The topological polar surface area (TPSA) is 50.9 Å². The van der Waals surface area contributed by atoms with Crippen molar-refractivity contribution >= 4 is 28.7 Å². The van der Waals surface area contributed by atoms with Crippen LogP contribution in [0.15, 0.2) is 30.3 Å². The van der Waals surface area contributed by atoms with E-state index in [2.05, 4.69) is 17.2 Å². The number of nitrogens with two attached hydrogens (primary N) is 1. The number of rotatable bonds is 3. The second-order valence-electron chi connectivity index (χ2n) is 4.66. The molecule has 0 atom stereocenters. The number of benzene rings is 1. The first-order valence-electron chi connectivity index (χ1n) is 6.09. The first-order chi connectivity index (χ1) is 8.97. The van der Waals surface area contributed by atoms with E-state index >= 15 is 0 Å². The molecule has 0 radical (unpaired) electrons. The van der Waals surface area contributed by atoms with E-state index in [0.717, 1.165) is 22.5 Å². The highest BCUT2D eigenvalue weighted by atomic mass is 32.1. The number of hydrogen-bond acceptors (Lipinski definition) is 3. The van der Waals surface area contributed by atoms with Crippen LogP contribution in [0.5, 0.6) is 0 Å². The highest BCUT2D eigenvalue weighted by Gasteiger charge is 2.11. The summed E-state index contributed by atoms with van der Waals surface area (Å²) in [7, 11) is 0. The number of nitrogens with one attached hydrogen (secondary N) is 1. The van der Waals surface area contributed by atoms with Gasteiger partial charge in [-0.2, -0.15) is 0 Å². The van der Waals surface area contributed by atoms with Gasteiger partial charge in [-0.05, 0) is 44.5 Å². The molecule has 0 amide bonds. The van der Waals surface area contributed by atoms with E-state index in [1.165, 1.54) is 5.56 Å². The maximum Gasteiger partial charge on any atom is 0.141 e. The summed E-state index contributed by atoms with van der Waals surface area (Å²) in [6.07, 6.45) is 0. The second-order valence-corrected chi connectivity index (χ2v) is 5.10. The minimum atomic E-state index is 0.361. The molecule has 0 aliphatic rings. The summed E-state index contributed by atoms with van der Waals surface area (Å²) in [6.45, 7) is 6.00. The molecule has 0 saturated carbocycles. The molecule has 0 aliphatic heterocycles. The zero-order valence-electron chi connectivity index (χ0n) is 11.3. The summed E-state index contributed by atoms with van der Waals surface area (Å²) < 4.78 is 0. The van der Waals surface area contributed by atoms with Crippen molar-refractivity contribution in [2.75, 3.05) is 5.32 Å². The van der Waals surface area contributed by atoms with Gasteiger partial charge in [0.25, 0.3) is 0 Å². The van der Waals surface area contributed by atoms with E-state index in [4.69, 9.17) is 18.0 Å². The van der Waals surface area contributed by atoms with Crippen molar-refractivity contribution in [3.8, 4) is 0 Å². The molecule has 98 valence electrons. The van der Waals surface area contributed by atoms with Crippen molar-refractivity contribution in [3.63, 3.8) is 0 Å². The molecule has 2 aromatic rings. The highest BCUT2D eigenvalue weighted by molar-refractivity contribution is 7.80. The van der Waals surface area contributed by atoms with E-state index < -0.39 is 0 Å². The number of pyridine rings is 1. The fourth-order valence-corrected chi connectivity index (χ4v) is 2.27. The Kier molecular flexibility index (Phi) is 3.81. The average Bonchev–Trinajstić information content (AvgIpc) is 2.30. The third kappa shape index (κ3) is 3.09. The standard InChI is InChI=1S/C15H17N3S/c1-9-4-6-12(7-5-9)18-15-13(14(16)19)10(2)8-11(3)17-15/h4-8H,1-3H3,(H2,16,19)(H,17,18). The van der Waals surface area contributed by atoms with Crippen molar-refractivity contribution in [1.82, 2.24) is 4.98 Å². The number of aryl methyl sites for hydroxylation is 3. The number of nitrogens with zero attached hydrogens (tertiary/aromatic N) is 1. The SMILES string of the molecule is Cc1ccc(Nc2nc(C)cc(C)c2C(N)=S)cc1. The largest absolute Gasteiger partial charge is 0.389 e. The molecule has 2 rings (SSSR count). The van der Waals surface area contributed by atoms with Gasteiger partial charge in [-0.1, -0.05) is 29.9 Å². The lowest BCUT2D eigenvalue weighted by atomic mass is 10.1. The van der Waals surface area contributed by atoms with Crippen LogP contribution in [0, 0.1) is 20.8 Å². The third-order valence-electron chi connectivity index (χ3n) is 2.91. The quantitative estimate of drug-likeness (QED) is 0.840. The lowest BCUT2D eigenvalue weighted by Crippen LogP contribution is -2.15. The summed E-state index contributed by atoms with van der Waals surface area (Å²) in [5.41, 5.74) is 10.8. The van der Waals surface area contributed by atoms with E-state index in [9.17, 15) is 0 Å². The van der Waals surface area contributed by atoms with Crippen molar-refractivity contribution in [2.24, 2.45) is 5.73 Å². The lowest BCUT2D eigenvalue weighted by Gasteiger charge is -2.14. The van der Waals surface area contributed by atoms with Gasteiger partial charge in [0.2, 0.25) is 0 Å². The van der Waals surface area contributed by atoms with Crippen molar-refractivity contribution in [3.05, 3.63) is 52.7 Å². The smallest absolute Gasteiger partial charge is 0.141 e. The Morgan fingerprint density at radius 3 is 2.37 bits per heavy atom. The van der Waals surface area contributed by atoms with Crippen LogP contribution in [0.1, 0.15) is 22.4 Å². The predicted octanol–water partition coefficient (Wildman–Crippen LogP) is 3.38. The Morgan fingerprint density at radius 1 is 1.16 bits per heavy atom. The fourth-order valence-electron chi connectivity index (χ4n) is 2.01. The van der Waals surface area contributed by atoms with Gasteiger partial charge in [0.05, 0.1) is 5.56 Å². The molecule has 0 spiro atoms. The molecule has 19 heavy (non-hydrogen) atoms. The molecule has 3 N–H and O–H groups in total. The van der Waals surface area contributed by atoms with Crippen LogP contribution in [-0.2, 0) is 0 Å². The van der Waals surface area contributed by atoms with E-state index in [0.29, 0.717) is 10.8 Å². The molecule has 0 bridgehead atoms. The van der Waals surface area contributed by atoms with E-state index in [-0.39, 0.29) is 0 Å². The fraction of sp³-hybridized carbons (Fsp3) is 0.200. The van der Waals surface area contributed by atoms with Gasteiger partial charge < -0.3 is 11.1 Å². The molecule has 0 fully saturated rings. The molecule has 4 heteroatoms. The second kappa shape index (κ2) is 5.36. The van der Waals surface area contributed by atoms with Crippen LogP contribution in [-0.4, -0.2) is 9.97 Å². The van der Waals surface area contributed by atoms with Gasteiger partial charge in [-0.3, -0.25) is 0 Å². The number of anilines is 2. The van der Waals surface area contributed by atoms with Gasteiger partial charge in [-0.25, -0.2) is 4.98 Å². The van der Waals surface area contributed by atoms with Crippen molar-refractivity contribution in [1.29, 1.82) is 0 Å². The first-order valence-corrected chi connectivity index (χ1v) is 6.50. The molecule has 1 aromatic carbocycles. The Hall–Kier alpha value is -1.94.